The second-order valence-electron chi connectivity index (χ2n) is 5.52. The molecular formula is C13H24N2O2. The molecule has 0 aromatic rings. The number of amides is 1. The molecule has 3 N–H and O–H groups in total. The van der Waals surface area contributed by atoms with Gasteiger partial charge in [0.05, 0.1) is 12.1 Å². The van der Waals surface area contributed by atoms with Gasteiger partial charge in [-0.2, -0.15) is 0 Å². The van der Waals surface area contributed by atoms with E-state index in [2.05, 4.69) is 5.32 Å². The van der Waals surface area contributed by atoms with Crippen LogP contribution in [-0.2, 0) is 9.53 Å². The summed E-state index contributed by atoms with van der Waals surface area (Å²) in [4.78, 5) is 11.9. The highest BCUT2D eigenvalue weighted by molar-refractivity contribution is 5.76. The van der Waals surface area contributed by atoms with Crippen LogP contribution in [0.4, 0.5) is 0 Å². The lowest BCUT2D eigenvalue weighted by Crippen LogP contribution is -2.40. The number of carbonyl (C=O) groups excluding carboxylic acids is 1. The monoisotopic (exact) mass is 240 g/mol. The van der Waals surface area contributed by atoms with Crippen molar-refractivity contribution in [2.45, 2.75) is 63.6 Å². The summed E-state index contributed by atoms with van der Waals surface area (Å²) in [5.41, 5.74) is 5.86. The molecule has 2 unspecified atom stereocenters. The third-order valence-corrected chi connectivity index (χ3v) is 4.09. The van der Waals surface area contributed by atoms with E-state index < -0.39 is 0 Å². The predicted octanol–water partition coefficient (Wildman–Crippen LogP) is 1.19. The van der Waals surface area contributed by atoms with Gasteiger partial charge in [0, 0.05) is 19.1 Å². The summed E-state index contributed by atoms with van der Waals surface area (Å²) in [6.07, 6.45) is 6.12. The van der Waals surface area contributed by atoms with Crippen LogP contribution < -0.4 is 11.1 Å². The fourth-order valence-corrected chi connectivity index (χ4v) is 2.84. The van der Waals surface area contributed by atoms with Crippen LogP contribution in [0.5, 0.6) is 0 Å². The number of hydrogen-bond acceptors (Lipinski definition) is 3. The van der Waals surface area contributed by atoms with Gasteiger partial charge in [0.25, 0.3) is 0 Å². The van der Waals surface area contributed by atoms with Gasteiger partial charge >= 0.3 is 0 Å². The van der Waals surface area contributed by atoms with Gasteiger partial charge < -0.3 is 15.8 Å². The fraction of sp³-hybridized carbons (Fsp3) is 0.923. The Morgan fingerprint density at radius 1 is 1.29 bits per heavy atom. The first kappa shape index (κ1) is 12.8. The summed E-state index contributed by atoms with van der Waals surface area (Å²) in [5.74, 6) is 0.722. The molecular weight excluding hydrogens is 216 g/mol. The van der Waals surface area contributed by atoms with Gasteiger partial charge in [0.1, 0.15) is 0 Å². The van der Waals surface area contributed by atoms with Crippen molar-refractivity contribution in [3.63, 3.8) is 0 Å². The first-order valence-electron chi connectivity index (χ1n) is 6.81. The number of hydrogen-bond donors (Lipinski definition) is 2. The Kier molecular flexibility index (Phi) is 4.40. The quantitative estimate of drug-likeness (QED) is 0.779. The van der Waals surface area contributed by atoms with Crippen molar-refractivity contribution in [1.29, 1.82) is 0 Å². The van der Waals surface area contributed by atoms with Crippen LogP contribution >= 0.6 is 0 Å². The van der Waals surface area contributed by atoms with Gasteiger partial charge in [0.15, 0.2) is 0 Å². The Morgan fingerprint density at radius 2 is 2.00 bits per heavy atom. The number of rotatable bonds is 3. The summed E-state index contributed by atoms with van der Waals surface area (Å²) in [6, 6.07) is 0.575. The highest BCUT2D eigenvalue weighted by atomic mass is 16.5. The standard InChI is InChI=1S/C13H24N2O2/c1-9-12(6-7-17-9)15-13(16)8-10-2-4-11(14)5-3-10/h9-12H,2-8,14H2,1H3,(H,15,16). The molecule has 1 saturated carbocycles. The molecule has 0 bridgehead atoms. The molecule has 98 valence electrons. The molecule has 2 fully saturated rings. The zero-order chi connectivity index (χ0) is 12.3. The van der Waals surface area contributed by atoms with E-state index in [0.29, 0.717) is 18.4 Å². The van der Waals surface area contributed by atoms with Crippen LogP contribution in [-0.4, -0.2) is 30.7 Å². The minimum Gasteiger partial charge on any atom is -0.376 e. The van der Waals surface area contributed by atoms with Gasteiger partial charge in [-0.25, -0.2) is 0 Å². The summed E-state index contributed by atoms with van der Waals surface area (Å²) in [5, 5.41) is 3.09. The molecule has 1 aliphatic heterocycles. The summed E-state index contributed by atoms with van der Waals surface area (Å²) >= 11 is 0. The van der Waals surface area contributed by atoms with Crippen molar-refractivity contribution in [1.82, 2.24) is 5.32 Å². The maximum atomic E-state index is 11.9. The van der Waals surface area contributed by atoms with Crippen LogP contribution in [0.1, 0.15) is 45.4 Å². The summed E-state index contributed by atoms with van der Waals surface area (Å²) in [7, 11) is 0. The maximum absolute atomic E-state index is 11.9. The number of nitrogens with one attached hydrogen (secondary N) is 1. The van der Waals surface area contributed by atoms with E-state index in [4.69, 9.17) is 10.5 Å². The molecule has 0 aromatic heterocycles. The minimum atomic E-state index is 0.165. The Bertz CT molecular complexity index is 262. The normalized spacial score (nSPS) is 38.0. The molecule has 1 heterocycles. The van der Waals surface area contributed by atoms with Crippen LogP contribution in [0.15, 0.2) is 0 Å². The third kappa shape index (κ3) is 3.68. The third-order valence-electron chi connectivity index (χ3n) is 4.09. The lowest BCUT2D eigenvalue weighted by atomic mass is 9.84. The molecule has 2 aliphatic rings. The van der Waals surface area contributed by atoms with Crippen molar-refractivity contribution >= 4 is 5.91 Å². The molecule has 1 aliphatic carbocycles. The molecule has 0 aromatic carbocycles. The second kappa shape index (κ2) is 5.83. The van der Waals surface area contributed by atoms with Crippen molar-refractivity contribution < 1.29 is 9.53 Å². The number of nitrogens with two attached hydrogens (primary N) is 1. The zero-order valence-electron chi connectivity index (χ0n) is 10.7. The lowest BCUT2D eigenvalue weighted by Gasteiger charge is -2.26. The molecule has 4 nitrogen and oxygen atoms in total. The van der Waals surface area contributed by atoms with E-state index in [0.717, 1.165) is 38.7 Å². The molecule has 4 heteroatoms. The van der Waals surface area contributed by atoms with Gasteiger partial charge in [-0.3, -0.25) is 4.79 Å². The average Bonchev–Trinajstić information content (AvgIpc) is 2.68. The molecule has 0 radical (unpaired) electrons. The maximum Gasteiger partial charge on any atom is 0.220 e. The SMILES string of the molecule is CC1OCCC1NC(=O)CC1CCC(N)CC1. The Labute approximate surface area is 103 Å². The summed E-state index contributed by atoms with van der Waals surface area (Å²) in [6.45, 7) is 2.79. The van der Waals surface area contributed by atoms with Crippen LogP contribution in [0.25, 0.3) is 0 Å². The van der Waals surface area contributed by atoms with Crippen LogP contribution in [0.2, 0.25) is 0 Å². The van der Waals surface area contributed by atoms with Crippen molar-refractivity contribution in [3.8, 4) is 0 Å². The van der Waals surface area contributed by atoms with E-state index in [9.17, 15) is 4.79 Å². The molecule has 2 rings (SSSR count). The van der Waals surface area contributed by atoms with E-state index >= 15 is 0 Å². The van der Waals surface area contributed by atoms with Gasteiger partial charge in [-0.15, -0.1) is 0 Å². The number of carbonyl (C=O) groups is 1. The largest absolute Gasteiger partial charge is 0.376 e. The number of ether oxygens (including phenoxy) is 1. The molecule has 17 heavy (non-hydrogen) atoms. The lowest BCUT2D eigenvalue weighted by molar-refractivity contribution is -0.123. The summed E-state index contributed by atoms with van der Waals surface area (Å²) < 4.78 is 5.44. The molecule has 1 saturated heterocycles. The molecule has 0 spiro atoms. The average molecular weight is 240 g/mol. The highest BCUT2D eigenvalue weighted by Gasteiger charge is 2.27. The first-order chi connectivity index (χ1) is 8.15. The van der Waals surface area contributed by atoms with Gasteiger partial charge in [0.2, 0.25) is 5.91 Å². The Hall–Kier alpha value is -0.610. The molecule has 2 atom stereocenters. The topological polar surface area (TPSA) is 64.3 Å². The Morgan fingerprint density at radius 3 is 2.59 bits per heavy atom. The smallest absolute Gasteiger partial charge is 0.220 e. The fourth-order valence-electron chi connectivity index (χ4n) is 2.84. The minimum absolute atomic E-state index is 0.165. The zero-order valence-corrected chi connectivity index (χ0v) is 10.7. The van der Waals surface area contributed by atoms with E-state index in [-0.39, 0.29) is 18.1 Å². The van der Waals surface area contributed by atoms with E-state index in [1.54, 1.807) is 0 Å². The van der Waals surface area contributed by atoms with Crippen LogP contribution in [0, 0.1) is 5.92 Å². The van der Waals surface area contributed by atoms with Crippen molar-refractivity contribution in [2.24, 2.45) is 11.7 Å². The van der Waals surface area contributed by atoms with Crippen LogP contribution in [0.3, 0.4) is 0 Å². The molecule has 1 amide bonds. The van der Waals surface area contributed by atoms with Gasteiger partial charge in [-0.1, -0.05) is 0 Å². The van der Waals surface area contributed by atoms with E-state index in [1.807, 2.05) is 6.92 Å². The Balaban J connectivity index is 1.70. The second-order valence-corrected chi connectivity index (χ2v) is 5.52. The van der Waals surface area contributed by atoms with E-state index in [1.165, 1.54) is 0 Å². The predicted molar refractivity (Wildman–Crippen MR) is 66.5 cm³/mol. The van der Waals surface area contributed by atoms with Crippen molar-refractivity contribution in [3.05, 3.63) is 0 Å². The highest BCUT2D eigenvalue weighted by Crippen LogP contribution is 2.26. The van der Waals surface area contributed by atoms with Crippen molar-refractivity contribution in [2.75, 3.05) is 6.61 Å². The first-order valence-corrected chi connectivity index (χ1v) is 6.81. The van der Waals surface area contributed by atoms with Gasteiger partial charge in [-0.05, 0) is 44.9 Å².